The second kappa shape index (κ2) is 6.19. The summed E-state index contributed by atoms with van der Waals surface area (Å²) in [5, 5.41) is 3.21. The van der Waals surface area contributed by atoms with E-state index in [0.29, 0.717) is 13.1 Å². The Bertz CT molecular complexity index is 494. The SMILES string of the molecule is CC(C)(CNCc1cc(Br)c(Cl)s1)NS(C)(=O)=O. The first-order valence-corrected chi connectivity index (χ1v) is 9.10. The summed E-state index contributed by atoms with van der Waals surface area (Å²) in [6, 6.07) is 1.96. The van der Waals surface area contributed by atoms with Gasteiger partial charge in [0.05, 0.1) is 6.26 Å². The first kappa shape index (κ1) is 16.4. The lowest BCUT2D eigenvalue weighted by Crippen LogP contribution is -2.49. The molecule has 0 fully saturated rings. The monoisotopic (exact) mass is 374 g/mol. The lowest BCUT2D eigenvalue weighted by Gasteiger charge is -2.25. The predicted molar refractivity (Wildman–Crippen MR) is 80.8 cm³/mol. The minimum absolute atomic E-state index is 0.522. The summed E-state index contributed by atoms with van der Waals surface area (Å²) in [5.74, 6) is 0. The molecule has 0 radical (unpaired) electrons. The summed E-state index contributed by atoms with van der Waals surface area (Å²) < 4.78 is 26.5. The van der Waals surface area contributed by atoms with Crippen molar-refractivity contribution in [3.05, 3.63) is 19.8 Å². The highest BCUT2D eigenvalue weighted by molar-refractivity contribution is 9.10. The first-order valence-electron chi connectivity index (χ1n) is 5.22. The van der Waals surface area contributed by atoms with Gasteiger partial charge in [0.2, 0.25) is 10.0 Å². The van der Waals surface area contributed by atoms with Crippen molar-refractivity contribution in [1.29, 1.82) is 0 Å². The van der Waals surface area contributed by atoms with Crippen molar-refractivity contribution in [2.75, 3.05) is 12.8 Å². The topological polar surface area (TPSA) is 58.2 Å². The van der Waals surface area contributed by atoms with Gasteiger partial charge < -0.3 is 5.32 Å². The van der Waals surface area contributed by atoms with Gasteiger partial charge in [0.15, 0.2) is 0 Å². The Morgan fingerprint density at radius 3 is 2.56 bits per heavy atom. The van der Waals surface area contributed by atoms with Crippen LogP contribution in [-0.2, 0) is 16.6 Å². The predicted octanol–water partition coefficient (Wildman–Crippen LogP) is 2.58. The van der Waals surface area contributed by atoms with Crippen LogP contribution < -0.4 is 10.0 Å². The Morgan fingerprint density at radius 2 is 2.11 bits per heavy atom. The van der Waals surface area contributed by atoms with Crippen molar-refractivity contribution in [2.45, 2.75) is 25.9 Å². The van der Waals surface area contributed by atoms with Gasteiger partial charge in [-0.25, -0.2) is 13.1 Å². The van der Waals surface area contributed by atoms with Crippen molar-refractivity contribution in [3.8, 4) is 0 Å². The summed E-state index contributed by atoms with van der Waals surface area (Å²) in [6.07, 6.45) is 1.16. The fraction of sp³-hybridized carbons (Fsp3) is 0.600. The molecule has 1 heterocycles. The third kappa shape index (κ3) is 5.99. The van der Waals surface area contributed by atoms with Crippen LogP contribution in [0.4, 0.5) is 0 Å². The zero-order chi connectivity index (χ0) is 14.0. The van der Waals surface area contributed by atoms with Gasteiger partial charge in [-0.3, -0.25) is 0 Å². The molecule has 0 unspecified atom stereocenters. The van der Waals surface area contributed by atoms with Gasteiger partial charge in [-0.1, -0.05) is 11.6 Å². The van der Waals surface area contributed by atoms with E-state index in [0.717, 1.165) is 19.9 Å². The molecule has 8 heteroatoms. The van der Waals surface area contributed by atoms with E-state index in [4.69, 9.17) is 11.6 Å². The molecular weight excluding hydrogens is 360 g/mol. The largest absolute Gasteiger partial charge is 0.310 e. The molecule has 1 aromatic rings. The van der Waals surface area contributed by atoms with Crippen molar-refractivity contribution < 1.29 is 8.42 Å². The number of hydrogen-bond acceptors (Lipinski definition) is 4. The standard InChI is InChI=1S/C10H16BrClN2O2S2/c1-10(2,14-18(3,15)16)6-13-5-7-4-8(11)9(12)17-7/h4,13-14H,5-6H2,1-3H3. The highest BCUT2D eigenvalue weighted by Gasteiger charge is 2.21. The molecule has 104 valence electrons. The highest BCUT2D eigenvalue weighted by Crippen LogP contribution is 2.31. The summed E-state index contributed by atoms with van der Waals surface area (Å²) in [7, 11) is -3.20. The second-order valence-electron chi connectivity index (χ2n) is 4.70. The van der Waals surface area contributed by atoms with Crippen molar-refractivity contribution in [2.24, 2.45) is 0 Å². The molecule has 0 aromatic carbocycles. The Labute approximate surface area is 125 Å². The van der Waals surface area contributed by atoms with Crippen LogP contribution in [0.15, 0.2) is 10.5 Å². The van der Waals surface area contributed by atoms with Gasteiger partial charge in [0.25, 0.3) is 0 Å². The van der Waals surface area contributed by atoms with Crippen molar-refractivity contribution >= 4 is 48.9 Å². The van der Waals surface area contributed by atoms with E-state index in [9.17, 15) is 8.42 Å². The van der Waals surface area contributed by atoms with E-state index in [1.807, 2.05) is 19.9 Å². The number of thiophene rings is 1. The van der Waals surface area contributed by atoms with E-state index in [2.05, 4.69) is 26.0 Å². The molecule has 0 amide bonds. The van der Waals surface area contributed by atoms with Gasteiger partial charge in [-0.2, -0.15) is 0 Å². The zero-order valence-corrected chi connectivity index (χ0v) is 14.4. The molecule has 0 spiro atoms. The smallest absolute Gasteiger partial charge is 0.209 e. The molecule has 1 aromatic heterocycles. The highest BCUT2D eigenvalue weighted by atomic mass is 79.9. The molecule has 2 N–H and O–H groups in total. The lowest BCUT2D eigenvalue weighted by molar-refractivity contribution is 0.422. The zero-order valence-electron chi connectivity index (χ0n) is 10.4. The van der Waals surface area contributed by atoms with E-state index in [1.54, 1.807) is 0 Å². The molecule has 0 saturated carbocycles. The van der Waals surface area contributed by atoms with Gasteiger partial charge in [0.1, 0.15) is 4.34 Å². The van der Waals surface area contributed by atoms with Crippen LogP contribution in [0.1, 0.15) is 18.7 Å². The number of sulfonamides is 1. The molecular formula is C10H16BrClN2O2S2. The Balaban J connectivity index is 2.46. The number of rotatable bonds is 6. The van der Waals surface area contributed by atoms with Gasteiger partial charge in [-0.05, 0) is 35.8 Å². The molecule has 0 bridgehead atoms. The normalized spacial score (nSPS) is 12.9. The maximum atomic E-state index is 11.2. The van der Waals surface area contributed by atoms with Crippen LogP contribution in [0, 0.1) is 0 Å². The summed E-state index contributed by atoms with van der Waals surface area (Å²) >= 11 is 10.8. The van der Waals surface area contributed by atoms with Crippen LogP contribution in [0.5, 0.6) is 0 Å². The molecule has 0 aliphatic heterocycles. The van der Waals surface area contributed by atoms with E-state index in [-0.39, 0.29) is 0 Å². The minimum Gasteiger partial charge on any atom is -0.310 e. The Kier molecular flexibility index (Phi) is 5.64. The average molecular weight is 376 g/mol. The molecule has 0 aliphatic carbocycles. The maximum Gasteiger partial charge on any atom is 0.209 e. The van der Waals surface area contributed by atoms with Crippen LogP contribution in [-0.4, -0.2) is 26.8 Å². The molecule has 0 atom stereocenters. The summed E-state index contributed by atoms with van der Waals surface area (Å²) in [4.78, 5) is 1.10. The minimum atomic E-state index is -3.20. The number of halogens is 2. The van der Waals surface area contributed by atoms with Crippen LogP contribution in [0.2, 0.25) is 4.34 Å². The van der Waals surface area contributed by atoms with Crippen LogP contribution >= 0.6 is 38.9 Å². The maximum absolute atomic E-state index is 11.2. The second-order valence-corrected chi connectivity index (χ2v) is 9.04. The summed E-state index contributed by atoms with van der Waals surface area (Å²) in [6.45, 7) is 4.86. The third-order valence-electron chi connectivity index (χ3n) is 2.02. The Morgan fingerprint density at radius 1 is 1.50 bits per heavy atom. The molecule has 18 heavy (non-hydrogen) atoms. The third-order valence-corrected chi connectivity index (χ3v) is 5.42. The quantitative estimate of drug-likeness (QED) is 0.803. The van der Waals surface area contributed by atoms with Gasteiger partial charge in [-0.15, -0.1) is 11.3 Å². The molecule has 0 aliphatic rings. The fourth-order valence-corrected chi connectivity index (χ4v) is 4.35. The van der Waals surface area contributed by atoms with E-state index < -0.39 is 15.6 Å². The van der Waals surface area contributed by atoms with Crippen LogP contribution in [0.3, 0.4) is 0 Å². The Hall–Kier alpha value is 0.340. The fourth-order valence-electron chi connectivity index (χ4n) is 1.51. The molecule has 4 nitrogen and oxygen atoms in total. The molecule has 1 rings (SSSR count). The lowest BCUT2D eigenvalue weighted by atomic mass is 10.1. The number of nitrogens with one attached hydrogen (secondary N) is 2. The van der Waals surface area contributed by atoms with Crippen molar-refractivity contribution in [1.82, 2.24) is 10.0 Å². The molecule has 0 saturated heterocycles. The van der Waals surface area contributed by atoms with Gasteiger partial charge in [0, 0.05) is 28.0 Å². The van der Waals surface area contributed by atoms with Crippen molar-refractivity contribution in [3.63, 3.8) is 0 Å². The van der Waals surface area contributed by atoms with Gasteiger partial charge >= 0.3 is 0 Å². The van der Waals surface area contributed by atoms with E-state index in [1.165, 1.54) is 11.3 Å². The van der Waals surface area contributed by atoms with Crippen LogP contribution in [0.25, 0.3) is 0 Å². The first-order chi connectivity index (χ1) is 8.09. The van der Waals surface area contributed by atoms with E-state index >= 15 is 0 Å². The summed E-state index contributed by atoms with van der Waals surface area (Å²) in [5.41, 5.74) is -0.522. The average Bonchev–Trinajstić information content (AvgIpc) is 2.41. The number of hydrogen-bond donors (Lipinski definition) is 2.